The lowest BCUT2D eigenvalue weighted by Crippen LogP contribution is -2.01. The van der Waals surface area contributed by atoms with E-state index in [2.05, 4.69) is 26.2 Å². The lowest BCUT2D eigenvalue weighted by molar-refractivity contribution is 0.970. The molecule has 0 unspecified atom stereocenters. The summed E-state index contributed by atoms with van der Waals surface area (Å²) in [6.07, 6.45) is 0.890. The number of nitrogens with zero attached hydrogens (tertiary/aromatic N) is 1. The first-order valence-corrected chi connectivity index (χ1v) is 6.99. The van der Waals surface area contributed by atoms with Crippen molar-refractivity contribution in [1.29, 1.82) is 0 Å². The zero-order valence-corrected chi connectivity index (χ0v) is 11.9. The summed E-state index contributed by atoms with van der Waals surface area (Å²) in [6.45, 7) is 2.68. The van der Waals surface area contributed by atoms with Gasteiger partial charge in [-0.1, -0.05) is 12.1 Å². The van der Waals surface area contributed by atoms with Crippen molar-refractivity contribution < 1.29 is 0 Å². The molecule has 2 rings (SSSR count). The zero-order valence-electron chi connectivity index (χ0n) is 9.53. The Morgan fingerprint density at radius 2 is 2.18 bits per heavy atom. The van der Waals surface area contributed by atoms with Gasteiger partial charge >= 0.3 is 0 Å². The van der Waals surface area contributed by atoms with Gasteiger partial charge in [0, 0.05) is 9.35 Å². The van der Waals surface area contributed by atoms with Crippen molar-refractivity contribution >= 4 is 38.1 Å². The van der Waals surface area contributed by atoms with Gasteiger partial charge in [-0.2, -0.15) is 0 Å². The zero-order chi connectivity index (χ0) is 12.3. The molecule has 0 aliphatic rings. The largest absolute Gasteiger partial charge is 0.331 e. The second kappa shape index (κ2) is 5.62. The topological polar surface area (TPSA) is 50.9 Å². The number of aromatic nitrogens is 1. The molecule has 0 fully saturated rings. The van der Waals surface area contributed by atoms with E-state index in [0.29, 0.717) is 6.54 Å². The first kappa shape index (κ1) is 12.5. The van der Waals surface area contributed by atoms with Crippen molar-refractivity contribution in [1.82, 2.24) is 4.98 Å². The average molecular weight is 312 g/mol. The van der Waals surface area contributed by atoms with Crippen LogP contribution in [0.15, 0.2) is 28.7 Å². The predicted octanol–water partition coefficient (Wildman–Crippen LogP) is 3.46. The van der Waals surface area contributed by atoms with Crippen molar-refractivity contribution in [2.75, 3.05) is 11.9 Å². The highest BCUT2D eigenvalue weighted by molar-refractivity contribution is 9.10. The summed E-state index contributed by atoms with van der Waals surface area (Å²) in [6, 6.07) is 8.00. The highest BCUT2D eigenvalue weighted by Crippen LogP contribution is 2.29. The molecular formula is C12H14BrN3S. The van der Waals surface area contributed by atoms with Crippen molar-refractivity contribution in [2.24, 2.45) is 5.73 Å². The summed E-state index contributed by atoms with van der Waals surface area (Å²) in [5, 5.41) is 4.23. The van der Waals surface area contributed by atoms with E-state index in [1.165, 1.54) is 4.88 Å². The van der Waals surface area contributed by atoms with Gasteiger partial charge in [0.15, 0.2) is 5.13 Å². The van der Waals surface area contributed by atoms with Crippen molar-refractivity contribution in [3.63, 3.8) is 0 Å². The van der Waals surface area contributed by atoms with E-state index in [1.807, 2.05) is 31.2 Å². The number of nitrogens with two attached hydrogens (primary N) is 1. The SMILES string of the molecule is Cc1nc(Nc2ccccc2Br)sc1CCN. The summed E-state index contributed by atoms with van der Waals surface area (Å²) in [7, 11) is 0. The first-order valence-electron chi connectivity index (χ1n) is 5.38. The van der Waals surface area contributed by atoms with E-state index in [1.54, 1.807) is 11.3 Å². The number of halogens is 1. The van der Waals surface area contributed by atoms with Gasteiger partial charge in [-0.15, -0.1) is 11.3 Å². The summed E-state index contributed by atoms with van der Waals surface area (Å²) in [5.74, 6) is 0. The number of nitrogens with one attached hydrogen (secondary N) is 1. The van der Waals surface area contributed by atoms with Gasteiger partial charge in [0.25, 0.3) is 0 Å². The van der Waals surface area contributed by atoms with Crippen LogP contribution in [0, 0.1) is 6.92 Å². The molecule has 3 N–H and O–H groups in total. The molecule has 17 heavy (non-hydrogen) atoms. The minimum atomic E-state index is 0.664. The molecule has 90 valence electrons. The van der Waals surface area contributed by atoms with Crippen LogP contribution in [-0.4, -0.2) is 11.5 Å². The number of hydrogen-bond donors (Lipinski definition) is 2. The fraction of sp³-hybridized carbons (Fsp3) is 0.250. The Morgan fingerprint density at radius 3 is 2.88 bits per heavy atom. The highest BCUT2D eigenvalue weighted by atomic mass is 79.9. The molecule has 1 heterocycles. The molecule has 0 saturated heterocycles. The highest BCUT2D eigenvalue weighted by Gasteiger charge is 2.07. The lowest BCUT2D eigenvalue weighted by Gasteiger charge is -2.03. The van der Waals surface area contributed by atoms with E-state index in [-0.39, 0.29) is 0 Å². The quantitative estimate of drug-likeness (QED) is 0.909. The number of anilines is 2. The molecule has 1 aromatic carbocycles. The molecule has 0 saturated carbocycles. The Morgan fingerprint density at radius 1 is 1.41 bits per heavy atom. The van der Waals surface area contributed by atoms with E-state index in [4.69, 9.17) is 5.73 Å². The predicted molar refractivity (Wildman–Crippen MR) is 77.0 cm³/mol. The van der Waals surface area contributed by atoms with Crippen LogP contribution in [0.5, 0.6) is 0 Å². The van der Waals surface area contributed by atoms with Crippen molar-refractivity contribution in [3.05, 3.63) is 39.3 Å². The van der Waals surface area contributed by atoms with E-state index in [0.717, 1.165) is 27.4 Å². The Labute approximate surface area is 113 Å². The summed E-state index contributed by atoms with van der Waals surface area (Å²) in [4.78, 5) is 5.75. The minimum Gasteiger partial charge on any atom is -0.331 e. The molecule has 0 bridgehead atoms. The van der Waals surface area contributed by atoms with Gasteiger partial charge in [-0.25, -0.2) is 4.98 Å². The Balaban J connectivity index is 2.19. The number of thiazole rings is 1. The second-order valence-electron chi connectivity index (χ2n) is 3.67. The smallest absolute Gasteiger partial charge is 0.187 e. The maximum absolute atomic E-state index is 5.57. The minimum absolute atomic E-state index is 0.664. The molecule has 5 heteroatoms. The first-order chi connectivity index (χ1) is 8.20. The fourth-order valence-corrected chi connectivity index (χ4v) is 2.90. The molecular weight excluding hydrogens is 298 g/mol. The third kappa shape index (κ3) is 3.06. The normalized spacial score (nSPS) is 10.5. The second-order valence-corrected chi connectivity index (χ2v) is 5.61. The van der Waals surface area contributed by atoms with Crippen LogP contribution >= 0.6 is 27.3 Å². The summed E-state index contributed by atoms with van der Waals surface area (Å²) >= 11 is 5.17. The van der Waals surface area contributed by atoms with Gasteiger partial charge in [0.1, 0.15) is 0 Å². The molecule has 0 spiro atoms. The van der Waals surface area contributed by atoms with E-state index in [9.17, 15) is 0 Å². The summed E-state index contributed by atoms with van der Waals surface area (Å²) in [5.41, 5.74) is 7.66. The van der Waals surface area contributed by atoms with Gasteiger partial charge in [-0.05, 0) is 48.0 Å². The lowest BCUT2D eigenvalue weighted by atomic mass is 10.3. The van der Waals surface area contributed by atoms with Crippen LogP contribution in [0.3, 0.4) is 0 Å². The van der Waals surface area contributed by atoms with Crippen LogP contribution < -0.4 is 11.1 Å². The van der Waals surface area contributed by atoms with Crippen LogP contribution in [0.4, 0.5) is 10.8 Å². The van der Waals surface area contributed by atoms with Gasteiger partial charge in [-0.3, -0.25) is 0 Å². The Bertz CT molecular complexity index is 510. The van der Waals surface area contributed by atoms with Crippen LogP contribution in [0.2, 0.25) is 0 Å². The number of aryl methyl sites for hydroxylation is 1. The third-order valence-corrected chi connectivity index (χ3v) is 4.20. The maximum atomic E-state index is 5.57. The van der Waals surface area contributed by atoms with Crippen LogP contribution in [-0.2, 0) is 6.42 Å². The molecule has 2 aromatic rings. The Hall–Kier alpha value is -0.910. The number of para-hydroxylation sites is 1. The summed E-state index contributed by atoms with van der Waals surface area (Å²) < 4.78 is 1.04. The number of rotatable bonds is 4. The fourth-order valence-electron chi connectivity index (χ4n) is 1.52. The molecule has 0 radical (unpaired) electrons. The van der Waals surface area contributed by atoms with Crippen LogP contribution in [0.1, 0.15) is 10.6 Å². The monoisotopic (exact) mass is 311 g/mol. The molecule has 0 atom stereocenters. The van der Waals surface area contributed by atoms with Gasteiger partial charge in [0.05, 0.1) is 11.4 Å². The van der Waals surface area contributed by atoms with Crippen LogP contribution in [0.25, 0.3) is 0 Å². The molecule has 1 aromatic heterocycles. The van der Waals surface area contributed by atoms with Gasteiger partial charge in [0.2, 0.25) is 0 Å². The van der Waals surface area contributed by atoms with E-state index >= 15 is 0 Å². The molecule has 0 aliphatic heterocycles. The average Bonchev–Trinajstić information content (AvgIpc) is 2.63. The third-order valence-electron chi connectivity index (χ3n) is 2.38. The van der Waals surface area contributed by atoms with Crippen molar-refractivity contribution in [3.8, 4) is 0 Å². The standard InChI is InChI=1S/C12H14BrN3S/c1-8-11(6-7-14)17-12(15-8)16-10-5-3-2-4-9(10)13/h2-5H,6-7,14H2,1H3,(H,15,16). The maximum Gasteiger partial charge on any atom is 0.187 e. The molecule has 0 aliphatic carbocycles. The molecule has 0 amide bonds. The number of hydrogen-bond acceptors (Lipinski definition) is 4. The van der Waals surface area contributed by atoms with Crippen molar-refractivity contribution in [2.45, 2.75) is 13.3 Å². The van der Waals surface area contributed by atoms with Gasteiger partial charge < -0.3 is 11.1 Å². The Kier molecular flexibility index (Phi) is 4.15. The molecule has 3 nitrogen and oxygen atoms in total. The van der Waals surface area contributed by atoms with E-state index < -0.39 is 0 Å². The number of benzene rings is 1.